The number of hydrogen-bond acceptors (Lipinski definition) is 5. The standard InChI is InChI=1S/C30H41NO5S/c1-19-6-11-25(20(2)16-19)28(32)31(21-7-9-22(10-8-21)36-23-13-15-35-18-23)26-17-24(12-14-30(3,4)5)37-27(26)29(33)34/h6,17,20-23,25H,7-11,13,15-16,18H2,1-5H3,(H,33,34)/t20-,21-,22-,23+,25+/m1/s1. The number of carboxylic acids is 1. The zero-order chi connectivity index (χ0) is 26.7. The molecule has 0 spiro atoms. The molecule has 3 aliphatic rings. The molecule has 37 heavy (non-hydrogen) atoms. The molecule has 2 heterocycles. The van der Waals surface area contributed by atoms with E-state index in [0.29, 0.717) is 23.6 Å². The lowest BCUT2D eigenvalue weighted by Gasteiger charge is -2.40. The fraction of sp³-hybridized carbons (Fsp3) is 0.667. The molecule has 0 bridgehead atoms. The van der Waals surface area contributed by atoms with Crippen molar-refractivity contribution in [2.75, 3.05) is 18.1 Å². The zero-order valence-corrected chi connectivity index (χ0v) is 23.7. The molecule has 0 unspecified atom stereocenters. The van der Waals surface area contributed by atoms with E-state index in [1.807, 2.05) is 31.7 Å². The Morgan fingerprint density at radius 2 is 1.89 bits per heavy atom. The first kappa shape index (κ1) is 27.9. The predicted octanol–water partition coefficient (Wildman–Crippen LogP) is 6.29. The van der Waals surface area contributed by atoms with Crippen LogP contribution < -0.4 is 4.90 Å². The Morgan fingerprint density at radius 3 is 2.49 bits per heavy atom. The summed E-state index contributed by atoms with van der Waals surface area (Å²) in [5.74, 6) is 5.47. The lowest BCUT2D eigenvalue weighted by molar-refractivity contribution is -0.124. The number of hydrogen-bond donors (Lipinski definition) is 1. The number of ether oxygens (including phenoxy) is 2. The Balaban J connectivity index is 1.63. The molecule has 0 radical (unpaired) electrons. The monoisotopic (exact) mass is 527 g/mol. The first-order valence-corrected chi connectivity index (χ1v) is 14.5. The van der Waals surface area contributed by atoms with Crippen LogP contribution in [0.2, 0.25) is 0 Å². The molecular weight excluding hydrogens is 486 g/mol. The van der Waals surface area contributed by atoms with Crippen LogP contribution in [0.3, 0.4) is 0 Å². The lowest BCUT2D eigenvalue weighted by atomic mass is 9.79. The molecule has 1 aromatic rings. The van der Waals surface area contributed by atoms with E-state index in [1.54, 1.807) is 0 Å². The van der Waals surface area contributed by atoms with E-state index in [9.17, 15) is 14.7 Å². The molecule has 1 aromatic heterocycles. The fourth-order valence-electron chi connectivity index (χ4n) is 5.67. The number of carbonyl (C=O) groups is 2. The third kappa shape index (κ3) is 7.04. The summed E-state index contributed by atoms with van der Waals surface area (Å²) in [6, 6.07) is 1.78. The second-order valence-corrected chi connectivity index (χ2v) is 13.0. The number of carbonyl (C=O) groups excluding carboxylic acids is 1. The van der Waals surface area contributed by atoms with Gasteiger partial charge in [-0.3, -0.25) is 4.79 Å². The van der Waals surface area contributed by atoms with Crippen molar-refractivity contribution in [3.05, 3.63) is 27.5 Å². The Labute approximate surface area is 225 Å². The lowest BCUT2D eigenvalue weighted by Crippen LogP contribution is -2.48. The molecule has 1 N–H and O–H groups in total. The van der Waals surface area contributed by atoms with E-state index >= 15 is 0 Å². The summed E-state index contributed by atoms with van der Waals surface area (Å²) >= 11 is 1.17. The highest BCUT2D eigenvalue weighted by Crippen LogP contribution is 2.39. The third-order valence-electron chi connectivity index (χ3n) is 7.61. The molecular formula is C30H41NO5S. The Morgan fingerprint density at radius 1 is 1.16 bits per heavy atom. The van der Waals surface area contributed by atoms with Crippen LogP contribution in [0, 0.1) is 29.1 Å². The van der Waals surface area contributed by atoms with Crippen molar-refractivity contribution < 1.29 is 24.2 Å². The SMILES string of the molecule is CC1=CC[C@H](C(=O)N(c2cc(C#CC(C)(C)C)sc2C(=O)O)[C@H]2CC[C@H](O[C@H]3CCOC3)CC2)[C@H](C)C1. The summed E-state index contributed by atoms with van der Waals surface area (Å²) in [6.45, 7) is 11.8. The maximum absolute atomic E-state index is 14.2. The van der Waals surface area contributed by atoms with Crippen LogP contribution in [0.15, 0.2) is 17.7 Å². The molecule has 1 saturated heterocycles. The van der Waals surface area contributed by atoms with Crippen molar-refractivity contribution in [3.63, 3.8) is 0 Å². The van der Waals surface area contributed by atoms with Crippen LogP contribution >= 0.6 is 11.3 Å². The average molecular weight is 528 g/mol. The van der Waals surface area contributed by atoms with Gasteiger partial charge in [-0.2, -0.15) is 0 Å². The Hall–Kier alpha value is -2.14. The number of rotatable bonds is 6. The van der Waals surface area contributed by atoms with E-state index < -0.39 is 5.97 Å². The topological polar surface area (TPSA) is 76.1 Å². The van der Waals surface area contributed by atoms with E-state index in [4.69, 9.17) is 9.47 Å². The van der Waals surface area contributed by atoms with Gasteiger partial charge in [0.15, 0.2) is 0 Å². The molecule has 4 rings (SSSR count). The molecule has 2 fully saturated rings. The van der Waals surface area contributed by atoms with Crippen molar-refractivity contribution in [3.8, 4) is 11.8 Å². The van der Waals surface area contributed by atoms with Crippen LogP contribution in [-0.2, 0) is 14.3 Å². The summed E-state index contributed by atoms with van der Waals surface area (Å²) in [4.78, 5) is 29.3. The van der Waals surface area contributed by atoms with Crippen LogP contribution in [0.5, 0.6) is 0 Å². The van der Waals surface area contributed by atoms with Crippen LogP contribution in [0.25, 0.3) is 0 Å². The zero-order valence-electron chi connectivity index (χ0n) is 22.8. The normalized spacial score (nSPS) is 28.2. The largest absolute Gasteiger partial charge is 0.477 e. The van der Waals surface area contributed by atoms with Gasteiger partial charge in [-0.25, -0.2) is 4.79 Å². The summed E-state index contributed by atoms with van der Waals surface area (Å²) in [6.07, 6.45) is 8.31. The molecule has 202 valence electrons. The van der Waals surface area contributed by atoms with E-state index in [0.717, 1.165) is 45.1 Å². The van der Waals surface area contributed by atoms with Crippen LogP contribution in [-0.4, -0.2) is 48.4 Å². The molecule has 7 heteroatoms. The highest BCUT2D eigenvalue weighted by molar-refractivity contribution is 7.15. The highest BCUT2D eigenvalue weighted by Gasteiger charge is 2.39. The van der Waals surface area contributed by atoms with Crippen molar-refractivity contribution in [2.45, 2.75) is 97.8 Å². The maximum Gasteiger partial charge on any atom is 0.348 e. The van der Waals surface area contributed by atoms with Crippen molar-refractivity contribution in [2.24, 2.45) is 17.3 Å². The van der Waals surface area contributed by atoms with Gasteiger partial charge >= 0.3 is 5.97 Å². The minimum atomic E-state index is -1.01. The molecule has 2 aliphatic carbocycles. The summed E-state index contributed by atoms with van der Waals surface area (Å²) < 4.78 is 11.7. The summed E-state index contributed by atoms with van der Waals surface area (Å²) in [5.41, 5.74) is 1.62. The summed E-state index contributed by atoms with van der Waals surface area (Å²) in [7, 11) is 0. The van der Waals surface area contributed by atoms with Gasteiger partial charge < -0.3 is 19.5 Å². The minimum absolute atomic E-state index is 0.0421. The smallest absolute Gasteiger partial charge is 0.348 e. The minimum Gasteiger partial charge on any atom is -0.477 e. The number of nitrogens with zero attached hydrogens (tertiary/aromatic N) is 1. The fourth-order valence-corrected chi connectivity index (χ4v) is 6.51. The number of carboxylic acid groups (broad SMARTS) is 1. The van der Waals surface area contributed by atoms with Crippen LogP contribution in [0.4, 0.5) is 5.69 Å². The molecule has 6 nitrogen and oxygen atoms in total. The third-order valence-corrected chi connectivity index (χ3v) is 8.64. The van der Waals surface area contributed by atoms with Gasteiger partial charge in [0.1, 0.15) is 4.88 Å². The number of allylic oxidation sites excluding steroid dienone is 2. The number of thiophene rings is 1. The summed E-state index contributed by atoms with van der Waals surface area (Å²) in [5, 5.41) is 10.1. The van der Waals surface area contributed by atoms with Gasteiger partial charge in [-0.05, 0) is 84.6 Å². The predicted molar refractivity (Wildman–Crippen MR) is 147 cm³/mol. The number of amides is 1. The maximum atomic E-state index is 14.2. The van der Waals surface area contributed by atoms with Gasteiger partial charge in [-0.15, -0.1) is 11.3 Å². The van der Waals surface area contributed by atoms with Crippen molar-refractivity contribution in [1.29, 1.82) is 0 Å². The Bertz CT molecular complexity index is 1070. The molecule has 0 aromatic carbocycles. The van der Waals surface area contributed by atoms with Gasteiger partial charge in [0.05, 0.1) is 29.4 Å². The second kappa shape index (κ2) is 11.7. The van der Waals surface area contributed by atoms with E-state index in [1.165, 1.54) is 16.9 Å². The molecule has 1 aliphatic heterocycles. The first-order chi connectivity index (χ1) is 17.5. The van der Waals surface area contributed by atoms with Crippen molar-refractivity contribution in [1.82, 2.24) is 0 Å². The highest BCUT2D eigenvalue weighted by atomic mass is 32.1. The molecule has 1 amide bonds. The molecule has 3 atom stereocenters. The van der Waals surface area contributed by atoms with Crippen molar-refractivity contribution >= 4 is 28.9 Å². The quantitative estimate of drug-likeness (QED) is 0.348. The van der Waals surface area contributed by atoms with Gasteiger partial charge in [-0.1, -0.05) is 30.4 Å². The van der Waals surface area contributed by atoms with E-state index in [-0.39, 0.29) is 46.3 Å². The van der Waals surface area contributed by atoms with Gasteiger partial charge in [0, 0.05) is 24.0 Å². The number of anilines is 1. The Kier molecular flexibility index (Phi) is 8.83. The average Bonchev–Trinajstić information content (AvgIpc) is 3.49. The number of aromatic carboxylic acids is 1. The van der Waals surface area contributed by atoms with E-state index in [2.05, 4.69) is 31.8 Å². The molecule has 1 saturated carbocycles. The first-order valence-electron chi connectivity index (χ1n) is 13.6. The van der Waals surface area contributed by atoms with Gasteiger partial charge in [0.25, 0.3) is 0 Å². The van der Waals surface area contributed by atoms with Gasteiger partial charge in [0.2, 0.25) is 5.91 Å². The second-order valence-electron chi connectivity index (χ2n) is 12.0. The van der Waals surface area contributed by atoms with Crippen LogP contribution in [0.1, 0.15) is 94.1 Å².